The third-order valence-electron chi connectivity index (χ3n) is 3.91. The molecule has 0 saturated heterocycles. The molecule has 1 aromatic carbocycles. The van der Waals surface area contributed by atoms with Crippen LogP contribution in [0.25, 0.3) is 0 Å². The van der Waals surface area contributed by atoms with Gasteiger partial charge in [0.25, 0.3) is 0 Å². The lowest BCUT2D eigenvalue weighted by Crippen LogP contribution is -2.35. The van der Waals surface area contributed by atoms with Crippen LogP contribution in [0.15, 0.2) is 30.3 Å². The number of aromatic amines is 1. The first-order chi connectivity index (χ1) is 11.1. The summed E-state index contributed by atoms with van der Waals surface area (Å²) in [5, 5.41) is 13.0. The minimum absolute atomic E-state index is 0.103. The lowest BCUT2D eigenvalue weighted by Gasteiger charge is -2.26. The number of fused-ring (bicyclic) bond motifs is 1. The lowest BCUT2D eigenvalue weighted by molar-refractivity contribution is 0.242. The third kappa shape index (κ3) is 3.90. The summed E-state index contributed by atoms with van der Waals surface area (Å²) in [6, 6.07) is 10.4. The van der Waals surface area contributed by atoms with Crippen molar-refractivity contribution in [2.75, 3.05) is 11.9 Å². The van der Waals surface area contributed by atoms with E-state index < -0.39 is 0 Å². The van der Waals surface area contributed by atoms with E-state index in [0.29, 0.717) is 5.82 Å². The summed E-state index contributed by atoms with van der Waals surface area (Å²) < 4.78 is 0. The molecule has 3 rings (SSSR count). The van der Waals surface area contributed by atoms with E-state index in [1.165, 1.54) is 5.56 Å². The second-order valence-electron chi connectivity index (χ2n) is 6.23. The number of nitrogens with zero attached hydrogens (tertiary/aromatic N) is 2. The van der Waals surface area contributed by atoms with Crippen molar-refractivity contribution < 1.29 is 4.79 Å². The second-order valence-corrected chi connectivity index (χ2v) is 6.23. The van der Waals surface area contributed by atoms with E-state index in [-0.39, 0.29) is 12.1 Å². The summed E-state index contributed by atoms with van der Waals surface area (Å²) in [6.45, 7) is 6.57. The third-order valence-corrected chi connectivity index (χ3v) is 3.91. The van der Waals surface area contributed by atoms with Crippen molar-refractivity contribution in [2.24, 2.45) is 0 Å². The highest BCUT2D eigenvalue weighted by Gasteiger charge is 2.22. The quantitative estimate of drug-likeness (QED) is 0.812. The second kappa shape index (κ2) is 6.83. The maximum Gasteiger partial charge on any atom is 0.320 e. The number of anilines is 1. The Kier molecular flexibility index (Phi) is 4.62. The molecule has 0 radical (unpaired) electrons. The highest BCUT2D eigenvalue weighted by atomic mass is 16.2. The fraction of sp³-hybridized carbons (Fsp3) is 0.412. The maximum atomic E-state index is 11.8. The van der Waals surface area contributed by atoms with Crippen LogP contribution in [0.3, 0.4) is 0 Å². The molecular weight excluding hydrogens is 290 g/mol. The molecule has 6 nitrogen and oxygen atoms in total. The van der Waals surface area contributed by atoms with Crippen molar-refractivity contribution >= 4 is 11.8 Å². The van der Waals surface area contributed by atoms with E-state index in [1.54, 1.807) is 0 Å². The van der Waals surface area contributed by atoms with Gasteiger partial charge in [0.1, 0.15) is 0 Å². The van der Waals surface area contributed by atoms with Crippen LogP contribution in [0.4, 0.5) is 10.6 Å². The van der Waals surface area contributed by atoms with Gasteiger partial charge >= 0.3 is 6.03 Å². The Labute approximate surface area is 136 Å². The summed E-state index contributed by atoms with van der Waals surface area (Å²) >= 11 is 0. The van der Waals surface area contributed by atoms with E-state index in [9.17, 15) is 4.79 Å². The summed E-state index contributed by atoms with van der Waals surface area (Å²) in [5.41, 5.74) is 3.52. The van der Waals surface area contributed by atoms with Crippen LogP contribution >= 0.6 is 0 Å². The van der Waals surface area contributed by atoms with Crippen LogP contribution in [0.2, 0.25) is 0 Å². The summed E-state index contributed by atoms with van der Waals surface area (Å²) in [6.07, 6.45) is 0.885. The largest absolute Gasteiger partial charge is 0.336 e. The predicted molar refractivity (Wildman–Crippen MR) is 90.1 cm³/mol. The molecule has 6 heteroatoms. The van der Waals surface area contributed by atoms with Crippen molar-refractivity contribution in [3.63, 3.8) is 0 Å². The standard InChI is InChI=1S/C17H23N5O/c1-12(2)18-17(23)19-16-14-8-9-22(11-15(14)20-21-16)10-13-6-4-3-5-7-13/h3-7,12H,8-11H2,1-2H3,(H3,18,19,20,21,23). The SMILES string of the molecule is CC(C)NC(=O)Nc1n[nH]c2c1CCN(Cc1ccccc1)C2. The highest BCUT2D eigenvalue weighted by molar-refractivity contribution is 5.89. The van der Waals surface area contributed by atoms with Gasteiger partial charge < -0.3 is 5.32 Å². The van der Waals surface area contributed by atoms with Gasteiger partial charge in [-0.1, -0.05) is 30.3 Å². The van der Waals surface area contributed by atoms with Gasteiger partial charge in [0.2, 0.25) is 0 Å². The number of amides is 2. The zero-order valence-corrected chi connectivity index (χ0v) is 13.6. The molecule has 2 heterocycles. The molecular formula is C17H23N5O. The molecule has 1 aromatic heterocycles. The van der Waals surface area contributed by atoms with E-state index in [4.69, 9.17) is 0 Å². The number of aromatic nitrogens is 2. The Morgan fingerprint density at radius 1 is 1.35 bits per heavy atom. The maximum absolute atomic E-state index is 11.8. The Morgan fingerprint density at radius 3 is 2.87 bits per heavy atom. The number of nitrogens with one attached hydrogen (secondary N) is 3. The van der Waals surface area contributed by atoms with Gasteiger partial charge in [0.05, 0.1) is 5.69 Å². The number of benzene rings is 1. The smallest absolute Gasteiger partial charge is 0.320 e. The van der Waals surface area contributed by atoms with Gasteiger partial charge in [-0.05, 0) is 25.8 Å². The van der Waals surface area contributed by atoms with Crippen LogP contribution in [-0.4, -0.2) is 33.7 Å². The number of hydrogen-bond donors (Lipinski definition) is 3. The highest BCUT2D eigenvalue weighted by Crippen LogP contribution is 2.24. The number of carbonyl (C=O) groups excluding carboxylic acids is 1. The van der Waals surface area contributed by atoms with E-state index >= 15 is 0 Å². The zero-order valence-electron chi connectivity index (χ0n) is 13.6. The number of H-pyrrole nitrogens is 1. The van der Waals surface area contributed by atoms with E-state index in [2.05, 4.69) is 50.0 Å². The minimum atomic E-state index is -0.207. The summed E-state index contributed by atoms with van der Waals surface area (Å²) in [5.74, 6) is 0.650. The number of hydrogen-bond acceptors (Lipinski definition) is 3. The van der Waals surface area contributed by atoms with Gasteiger partial charge in [-0.2, -0.15) is 5.10 Å². The summed E-state index contributed by atoms with van der Waals surface area (Å²) in [4.78, 5) is 14.2. The van der Waals surface area contributed by atoms with Crippen LogP contribution in [0, 0.1) is 0 Å². The fourth-order valence-electron chi connectivity index (χ4n) is 2.86. The first-order valence-electron chi connectivity index (χ1n) is 8.01. The normalized spacial score (nSPS) is 14.6. The number of rotatable bonds is 4. The minimum Gasteiger partial charge on any atom is -0.336 e. The average molecular weight is 313 g/mol. The molecule has 0 fully saturated rings. The molecule has 1 aliphatic rings. The molecule has 2 amide bonds. The monoisotopic (exact) mass is 313 g/mol. The number of urea groups is 1. The van der Waals surface area contributed by atoms with Gasteiger partial charge in [-0.3, -0.25) is 15.3 Å². The van der Waals surface area contributed by atoms with Crippen molar-refractivity contribution in [1.29, 1.82) is 0 Å². The molecule has 0 bridgehead atoms. The van der Waals surface area contributed by atoms with Crippen LogP contribution in [0.5, 0.6) is 0 Å². The Balaban J connectivity index is 1.63. The molecule has 0 atom stereocenters. The zero-order chi connectivity index (χ0) is 16.2. The fourth-order valence-corrected chi connectivity index (χ4v) is 2.86. The molecule has 122 valence electrons. The molecule has 0 saturated carbocycles. The van der Waals surface area contributed by atoms with Crippen LogP contribution in [-0.2, 0) is 19.5 Å². The topological polar surface area (TPSA) is 73.0 Å². The predicted octanol–water partition coefficient (Wildman–Crippen LogP) is 2.50. The van der Waals surface area contributed by atoms with Gasteiger partial charge in [-0.15, -0.1) is 0 Å². The Bertz CT molecular complexity index is 665. The molecule has 0 spiro atoms. The molecule has 0 unspecified atom stereocenters. The average Bonchev–Trinajstić information content (AvgIpc) is 2.90. The van der Waals surface area contributed by atoms with E-state index in [1.807, 2.05) is 19.9 Å². The summed E-state index contributed by atoms with van der Waals surface area (Å²) in [7, 11) is 0. The van der Waals surface area contributed by atoms with Crippen LogP contribution < -0.4 is 10.6 Å². The first-order valence-corrected chi connectivity index (χ1v) is 8.01. The number of carbonyl (C=O) groups is 1. The van der Waals surface area contributed by atoms with Crippen molar-refractivity contribution in [3.05, 3.63) is 47.2 Å². The van der Waals surface area contributed by atoms with Gasteiger partial charge in [0, 0.05) is 31.2 Å². The Hall–Kier alpha value is -2.34. The molecule has 23 heavy (non-hydrogen) atoms. The van der Waals surface area contributed by atoms with Gasteiger partial charge in [-0.25, -0.2) is 4.79 Å². The van der Waals surface area contributed by atoms with Crippen molar-refractivity contribution in [3.8, 4) is 0 Å². The molecule has 0 aliphatic carbocycles. The first kappa shape index (κ1) is 15.6. The molecule has 1 aliphatic heterocycles. The van der Waals surface area contributed by atoms with E-state index in [0.717, 1.165) is 37.3 Å². The lowest BCUT2D eigenvalue weighted by atomic mass is 10.1. The van der Waals surface area contributed by atoms with Crippen molar-refractivity contribution in [2.45, 2.75) is 39.4 Å². The molecule has 2 aromatic rings. The van der Waals surface area contributed by atoms with Crippen LogP contribution in [0.1, 0.15) is 30.7 Å². The molecule has 3 N–H and O–H groups in total. The Morgan fingerprint density at radius 2 is 2.13 bits per heavy atom. The van der Waals surface area contributed by atoms with Crippen molar-refractivity contribution in [1.82, 2.24) is 20.4 Å². The van der Waals surface area contributed by atoms with Gasteiger partial charge in [0.15, 0.2) is 5.82 Å².